The SMILES string of the molecule is COCOCC[C@H](c1ccccc1F)[C@@H]1CC1OC(N)=O. The second-order valence-electron chi connectivity index (χ2n) is 5.11. The van der Waals surface area contributed by atoms with Gasteiger partial charge in [0, 0.05) is 13.0 Å². The van der Waals surface area contributed by atoms with E-state index in [1.165, 1.54) is 6.07 Å². The highest BCUT2D eigenvalue weighted by atomic mass is 19.1. The Bertz CT molecular complexity index is 482. The maximum absolute atomic E-state index is 14.0. The Morgan fingerprint density at radius 1 is 1.48 bits per heavy atom. The molecule has 3 atom stereocenters. The number of carbonyl (C=O) groups is 1. The van der Waals surface area contributed by atoms with Gasteiger partial charge < -0.3 is 19.9 Å². The lowest BCUT2D eigenvalue weighted by molar-refractivity contribution is -0.0332. The third kappa shape index (κ3) is 4.41. The van der Waals surface area contributed by atoms with E-state index in [9.17, 15) is 9.18 Å². The van der Waals surface area contributed by atoms with Gasteiger partial charge in [-0.3, -0.25) is 0 Å². The molecule has 1 aliphatic carbocycles. The fourth-order valence-electron chi connectivity index (χ4n) is 2.63. The molecule has 0 bridgehead atoms. The van der Waals surface area contributed by atoms with Crippen LogP contribution >= 0.6 is 0 Å². The molecule has 1 aromatic rings. The highest BCUT2D eigenvalue weighted by molar-refractivity contribution is 5.65. The molecule has 21 heavy (non-hydrogen) atoms. The van der Waals surface area contributed by atoms with Crippen LogP contribution in [0, 0.1) is 11.7 Å². The van der Waals surface area contributed by atoms with Crippen LogP contribution in [0.2, 0.25) is 0 Å². The van der Waals surface area contributed by atoms with E-state index in [0.29, 0.717) is 25.0 Å². The van der Waals surface area contributed by atoms with Crippen LogP contribution in [0.5, 0.6) is 0 Å². The number of hydrogen-bond acceptors (Lipinski definition) is 4. The van der Waals surface area contributed by atoms with Crippen molar-refractivity contribution in [1.82, 2.24) is 0 Å². The molecule has 1 unspecified atom stereocenters. The molecule has 0 radical (unpaired) electrons. The number of ether oxygens (including phenoxy) is 3. The molecule has 5 nitrogen and oxygen atoms in total. The van der Waals surface area contributed by atoms with Gasteiger partial charge in [-0.1, -0.05) is 18.2 Å². The first-order valence-corrected chi connectivity index (χ1v) is 6.90. The fraction of sp³-hybridized carbons (Fsp3) is 0.533. The maximum atomic E-state index is 14.0. The van der Waals surface area contributed by atoms with Crippen LogP contribution in [-0.2, 0) is 14.2 Å². The van der Waals surface area contributed by atoms with Crippen molar-refractivity contribution in [1.29, 1.82) is 0 Å². The zero-order valence-electron chi connectivity index (χ0n) is 12.0. The lowest BCUT2D eigenvalue weighted by Gasteiger charge is -2.18. The number of carbonyl (C=O) groups excluding carboxylic acids is 1. The Hall–Kier alpha value is -1.66. The molecule has 0 heterocycles. The van der Waals surface area contributed by atoms with Gasteiger partial charge in [0.25, 0.3) is 0 Å². The number of amides is 1. The fourth-order valence-corrected chi connectivity index (χ4v) is 2.63. The topological polar surface area (TPSA) is 70.8 Å². The number of methoxy groups -OCH3 is 1. The third-order valence-electron chi connectivity index (χ3n) is 3.64. The highest BCUT2D eigenvalue weighted by Crippen LogP contribution is 2.47. The van der Waals surface area contributed by atoms with Crippen molar-refractivity contribution in [3.63, 3.8) is 0 Å². The van der Waals surface area contributed by atoms with Gasteiger partial charge >= 0.3 is 6.09 Å². The van der Waals surface area contributed by atoms with Crippen molar-refractivity contribution in [2.45, 2.75) is 24.9 Å². The molecular formula is C15H20FNO4. The first-order valence-electron chi connectivity index (χ1n) is 6.90. The summed E-state index contributed by atoms with van der Waals surface area (Å²) in [6, 6.07) is 6.65. The minimum Gasteiger partial charge on any atom is -0.446 e. The quantitative estimate of drug-likeness (QED) is 0.591. The van der Waals surface area contributed by atoms with E-state index >= 15 is 0 Å². The van der Waals surface area contributed by atoms with Crippen LogP contribution in [0.15, 0.2) is 24.3 Å². The predicted octanol–water partition coefficient (Wildman–Crippen LogP) is 2.40. The van der Waals surface area contributed by atoms with E-state index in [1.807, 2.05) is 0 Å². The molecule has 0 aromatic heterocycles. The number of rotatable bonds is 8. The molecule has 1 saturated carbocycles. The standard InChI is InChI=1S/C15H20FNO4/c1-19-9-20-7-6-10(11-4-2-3-5-13(11)16)12-8-14(12)21-15(17)18/h2-5,10,12,14H,6-9H2,1H3,(H2,17,18)/t10-,12+,14?/m1/s1. The van der Waals surface area contributed by atoms with Gasteiger partial charge in [-0.2, -0.15) is 0 Å². The number of benzene rings is 1. The van der Waals surface area contributed by atoms with E-state index < -0.39 is 6.09 Å². The normalized spacial score (nSPS) is 21.8. The van der Waals surface area contributed by atoms with Crippen LogP contribution in [0.4, 0.5) is 9.18 Å². The highest BCUT2D eigenvalue weighted by Gasteiger charge is 2.46. The molecule has 1 aromatic carbocycles. The Labute approximate surface area is 123 Å². The summed E-state index contributed by atoms with van der Waals surface area (Å²) in [6.07, 6.45) is 0.319. The van der Waals surface area contributed by atoms with Crippen molar-refractivity contribution >= 4 is 6.09 Å². The second-order valence-corrected chi connectivity index (χ2v) is 5.11. The lowest BCUT2D eigenvalue weighted by atomic mass is 9.90. The van der Waals surface area contributed by atoms with Crippen LogP contribution < -0.4 is 5.73 Å². The molecule has 2 rings (SSSR count). The first-order chi connectivity index (χ1) is 10.1. The molecule has 1 fully saturated rings. The molecule has 2 N–H and O–H groups in total. The molecule has 0 spiro atoms. The molecule has 0 saturated heterocycles. The predicted molar refractivity (Wildman–Crippen MR) is 74.1 cm³/mol. The Morgan fingerprint density at radius 2 is 2.24 bits per heavy atom. The average molecular weight is 297 g/mol. The summed E-state index contributed by atoms with van der Waals surface area (Å²) in [5.74, 6) is -0.230. The number of nitrogens with two attached hydrogens (primary N) is 1. The van der Waals surface area contributed by atoms with Gasteiger partial charge in [0.05, 0.1) is 6.61 Å². The Morgan fingerprint density at radius 3 is 2.90 bits per heavy atom. The van der Waals surface area contributed by atoms with Gasteiger partial charge in [0.15, 0.2) is 0 Å². The summed E-state index contributed by atoms with van der Waals surface area (Å²) in [7, 11) is 1.55. The van der Waals surface area contributed by atoms with E-state index in [1.54, 1.807) is 25.3 Å². The largest absolute Gasteiger partial charge is 0.446 e. The van der Waals surface area contributed by atoms with Gasteiger partial charge in [-0.05, 0) is 30.4 Å². The van der Waals surface area contributed by atoms with Crippen molar-refractivity contribution < 1.29 is 23.4 Å². The maximum Gasteiger partial charge on any atom is 0.404 e. The first kappa shape index (κ1) is 15.7. The monoisotopic (exact) mass is 297 g/mol. The van der Waals surface area contributed by atoms with Gasteiger partial charge in [0.2, 0.25) is 0 Å². The summed E-state index contributed by atoms with van der Waals surface area (Å²) in [5, 5.41) is 0. The number of primary amides is 1. The van der Waals surface area contributed by atoms with Crippen molar-refractivity contribution in [3.05, 3.63) is 35.6 Å². The zero-order chi connectivity index (χ0) is 15.2. The smallest absolute Gasteiger partial charge is 0.404 e. The van der Waals surface area contributed by atoms with Crippen molar-refractivity contribution in [2.24, 2.45) is 11.7 Å². The van der Waals surface area contributed by atoms with Crippen molar-refractivity contribution in [3.8, 4) is 0 Å². The molecule has 6 heteroatoms. The Balaban J connectivity index is 2.01. The van der Waals surface area contributed by atoms with E-state index in [0.717, 1.165) is 0 Å². The summed E-state index contributed by atoms with van der Waals surface area (Å²) in [6.45, 7) is 0.655. The van der Waals surface area contributed by atoms with Gasteiger partial charge in [0.1, 0.15) is 18.7 Å². The average Bonchev–Trinajstić information content (AvgIpc) is 3.18. The lowest BCUT2D eigenvalue weighted by Crippen LogP contribution is -2.17. The van der Waals surface area contributed by atoms with Crippen molar-refractivity contribution in [2.75, 3.05) is 20.5 Å². The Kier molecular flexibility index (Phi) is 5.52. The molecule has 0 aliphatic heterocycles. The number of halogens is 1. The zero-order valence-corrected chi connectivity index (χ0v) is 12.0. The summed E-state index contributed by atoms with van der Waals surface area (Å²) in [4.78, 5) is 10.8. The molecular weight excluding hydrogens is 277 g/mol. The van der Waals surface area contributed by atoms with Gasteiger partial charge in [-0.15, -0.1) is 0 Å². The minimum atomic E-state index is -0.787. The molecule has 1 aliphatic rings. The third-order valence-corrected chi connectivity index (χ3v) is 3.64. The number of hydrogen-bond donors (Lipinski definition) is 1. The minimum absolute atomic E-state index is 0.0626. The summed E-state index contributed by atoms with van der Waals surface area (Å²) >= 11 is 0. The van der Waals surface area contributed by atoms with E-state index in [2.05, 4.69) is 0 Å². The second kappa shape index (κ2) is 7.38. The summed E-state index contributed by atoms with van der Waals surface area (Å²) < 4.78 is 29.1. The van der Waals surface area contributed by atoms with Crippen LogP contribution in [-0.4, -0.2) is 32.7 Å². The van der Waals surface area contributed by atoms with Gasteiger partial charge in [-0.25, -0.2) is 9.18 Å². The molecule has 116 valence electrons. The van der Waals surface area contributed by atoms with E-state index in [4.69, 9.17) is 19.9 Å². The molecule has 1 amide bonds. The van der Waals surface area contributed by atoms with Crippen LogP contribution in [0.3, 0.4) is 0 Å². The van der Waals surface area contributed by atoms with Crippen LogP contribution in [0.1, 0.15) is 24.3 Å². The van der Waals surface area contributed by atoms with E-state index in [-0.39, 0.29) is 30.5 Å². The van der Waals surface area contributed by atoms with Crippen LogP contribution in [0.25, 0.3) is 0 Å². The summed E-state index contributed by atoms with van der Waals surface area (Å²) in [5.41, 5.74) is 5.65.